The number of halogens is 1. The highest BCUT2D eigenvalue weighted by atomic mass is 19.1. The Bertz CT molecular complexity index is 393. The van der Waals surface area contributed by atoms with Crippen LogP contribution in [-0.4, -0.2) is 11.9 Å². The van der Waals surface area contributed by atoms with Gasteiger partial charge in [-0.25, -0.2) is 4.39 Å². The standard InChI is InChI=1S/C13H19FN2O/c1-3-4-7-11(15)13(17)16-12-8-5-6-10(14)9(12)2/h5-6,8,11H,3-4,7,15H2,1-2H3,(H,16,17). The summed E-state index contributed by atoms with van der Waals surface area (Å²) < 4.78 is 13.3. The van der Waals surface area contributed by atoms with Gasteiger partial charge in [0.2, 0.25) is 5.91 Å². The maximum atomic E-state index is 13.3. The highest BCUT2D eigenvalue weighted by Crippen LogP contribution is 2.17. The predicted molar refractivity (Wildman–Crippen MR) is 67.3 cm³/mol. The molecule has 0 fully saturated rings. The van der Waals surface area contributed by atoms with Gasteiger partial charge < -0.3 is 11.1 Å². The van der Waals surface area contributed by atoms with E-state index in [0.29, 0.717) is 17.7 Å². The van der Waals surface area contributed by atoms with Gasteiger partial charge >= 0.3 is 0 Å². The summed E-state index contributed by atoms with van der Waals surface area (Å²) in [4.78, 5) is 11.7. The zero-order valence-corrected chi connectivity index (χ0v) is 10.3. The smallest absolute Gasteiger partial charge is 0.241 e. The summed E-state index contributed by atoms with van der Waals surface area (Å²) in [6, 6.07) is 4.07. The third kappa shape index (κ3) is 3.82. The van der Waals surface area contributed by atoms with Crippen LogP contribution in [0.25, 0.3) is 0 Å². The minimum Gasteiger partial charge on any atom is -0.324 e. The van der Waals surface area contributed by atoms with Crippen molar-refractivity contribution in [1.29, 1.82) is 0 Å². The van der Waals surface area contributed by atoms with E-state index in [9.17, 15) is 9.18 Å². The van der Waals surface area contributed by atoms with Gasteiger partial charge in [-0.05, 0) is 25.5 Å². The quantitative estimate of drug-likeness (QED) is 0.828. The van der Waals surface area contributed by atoms with Crippen LogP contribution >= 0.6 is 0 Å². The summed E-state index contributed by atoms with van der Waals surface area (Å²) in [6.45, 7) is 3.67. The molecule has 1 amide bonds. The molecular weight excluding hydrogens is 219 g/mol. The Morgan fingerprint density at radius 1 is 1.53 bits per heavy atom. The number of amides is 1. The average molecular weight is 238 g/mol. The van der Waals surface area contributed by atoms with Crippen molar-refractivity contribution in [3.05, 3.63) is 29.6 Å². The Kier molecular flexibility index (Phi) is 5.10. The lowest BCUT2D eigenvalue weighted by atomic mass is 10.1. The predicted octanol–water partition coefficient (Wildman–Crippen LogP) is 2.59. The molecule has 1 aromatic carbocycles. The lowest BCUT2D eigenvalue weighted by Crippen LogP contribution is -2.35. The van der Waals surface area contributed by atoms with Gasteiger partial charge in [0.1, 0.15) is 5.82 Å². The van der Waals surface area contributed by atoms with Crippen LogP contribution in [0, 0.1) is 12.7 Å². The number of nitrogens with one attached hydrogen (secondary N) is 1. The molecule has 94 valence electrons. The number of hydrogen-bond acceptors (Lipinski definition) is 2. The first kappa shape index (κ1) is 13.6. The summed E-state index contributed by atoms with van der Waals surface area (Å²) >= 11 is 0. The second-order valence-electron chi connectivity index (χ2n) is 4.15. The second-order valence-corrected chi connectivity index (χ2v) is 4.15. The van der Waals surface area contributed by atoms with Crippen LogP contribution in [0.15, 0.2) is 18.2 Å². The van der Waals surface area contributed by atoms with E-state index in [-0.39, 0.29) is 11.7 Å². The van der Waals surface area contributed by atoms with Gasteiger partial charge in [0, 0.05) is 11.3 Å². The van der Waals surface area contributed by atoms with Gasteiger partial charge in [0.05, 0.1) is 6.04 Å². The van der Waals surface area contributed by atoms with Crippen LogP contribution in [0.1, 0.15) is 31.7 Å². The largest absolute Gasteiger partial charge is 0.324 e. The first-order valence-corrected chi connectivity index (χ1v) is 5.87. The van der Waals surface area contributed by atoms with E-state index in [2.05, 4.69) is 5.32 Å². The van der Waals surface area contributed by atoms with Crippen LogP contribution in [-0.2, 0) is 4.79 Å². The van der Waals surface area contributed by atoms with Gasteiger partial charge in [-0.1, -0.05) is 25.8 Å². The highest BCUT2D eigenvalue weighted by molar-refractivity contribution is 5.95. The van der Waals surface area contributed by atoms with E-state index >= 15 is 0 Å². The van der Waals surface area contributed by atoms with Crippen molar-refractivity contribution in [2.45, 2.75) is 39.2 Å². The van der Waals surface area contributed by atoms with E-state index in [1.807, 2.05) is 6.92 Å². The number of carbonyl (C=O) groups is 1. The minimum absolute atomic E-state index is 0.257. The summed E-state index contributed by atoms with van der Waals surface area (Å²) in [5.74, 6) is -0.586. The molecule has 0 aliphatic carbocycles. The number of anilines is 1. The molecule has 3 nitrogen and oxygen atoms in total. The number of hydrogen-bond donors (Lipinski definition) is 2. The molecule has 17 heavy (non-hydrogen) atoms. The Morgan fingerprint density at radius 3 is 2.88 bits per heavy atom. The van der Waals surface area contributed by atoms with Crippen molar-refractivity contribution >= 4 is 11.6 Å². The molecule has 1 unspecified atom stereocenters. The zero-order chi connectivity index (χ0) is 12.8. The first-order valence-electron chi connectivity index (χ1n) is 5.87. The average Bonchev–Trinajstić information content (AvgIpc) is 2.31. The maximum absolute atomic E-state index is 13.3. The number of nitrogens with two attached hydrogens (primary N) is 1. The molecule has 0 aromatic heterocycles. The zero-order valence-electron chi connectivity index (χ0n) is 10.3. The normalized spacial score (nSPS) is 12.2. The molecule has 0 aliphatic heterocycles. The number of carbonyl (C=O) groups excluding carboxylic acids is 1. The lowest BCUT2D eigenvalue weighted by Gasteiger charge is -2.13. The van der Waals surface area contributed by atoms with Crippen LogP contribution in [0.5, 0.6) is 0 Å². The minimum atomic E-state index is -0.530. The van der Waals surface area contributed by atoms with Crippen LogP contribution in [0.2, 0.25) is 0 Å². The first-order chi connectivity index (χ1) is 8.06. The molecule has 0 bridgehead atoms. The van der Waals surface area contributed by atoms with Crippen LogP contribution < -0.4 is 11.1 Å². The molecule has 1 atom stereocenters. The van der Waals surface area contributed by atoms with E-state index in [1.165, 1.54) is 6.07 Å². The summed E-state index contributed by atoms with van der Waals surface area (Å²) in [5.41, 5.74) is 6.66. The molecule has 1 aromatic rings. The molecule has 0 spiro atoms. The Morgan fingerprint density at radius 2 is 2.24 bits per heavy atom. The van der Waals surface area contributed by atoms with E-state index in [1.54, 1.807) is 19.1 Å². The third-order valence-corrected chi connectivity index (χ3v) is 2.73. The molecule has 0 heterocycles. The third-order valence-electron chi connectivity index (χ3n) is 2.73. The molecule has 4 heteroatoms. The topological polar surface area (TPSA) is 55.1 Å². The highest BCUT2D eigenvalue weighted by Gasteiger charge is 2.14. The summed E-state index contributed by atoms with van der Waals surface area (Å²) in [6.07, 6.45) is 2.56. The Hall–Kier alpha value is -1.42. The van der Waals surface area contributed by atoms with Crippen LogP contribution in [0.4, 0.5) is 10.1 Å². The van der Waals surface area contributed by atoms with E-state index in [0.717, 1.165) is 12.8 Å². The van der Waals surface area contributed by atoms with Crippen molar-refractivity contribution in [3.63, 3.8) is 0 Å². The molecule has 0 radical (unpaired) electrons. The van der Waals surface area contributed by atoms with E-state index < -0.39 is 6.04 Å². The molecule has 0 aliphatic rings. The van der Waals surface area contributed by atoms with Crippen LogP contribution in [0.3, 0.4) is 0 Å². The maximum Gasteiger partial charge on any atom is 0.241 e. The van der Waals surface area contributed by atoms with Crippen molar-refractivity contribution in [2.24, 2.45) is 5.73 Å². The van der Waals surface area contributed by atoms with Gasteiger partial charge in [0.15, 0.2) is 0 Å². The molecule has 0 saturated carbocycles. The molecule has 1 rings (SSSR count). The van der Waals surface area contributed by atoms with E-state index in [4.69, 9.17) is 5.73 Å². The molecule has 3 N–H and O–H groups in total. The fraction of sp³-hybridized carbons (Fsp3) is 0.462. The van der Waals surface area contributed by atoms with Crippen molar-refractivity contribution in [2.75, 3.05) is 5.32 Å². The summed E-state index contributed by atoms with van der Waals surface area (Å²) in [7, 11) is 0. The van der Waals surface area contributed by atoms with Gasteiger partial charge in [-0.15, -0.1) is 0 Å². The second kappa shape index (κ2) is 6.35. The Balaban J connectivity index is 2.64. The molecular formula is C13H19FN2O. The fourth-order valence-corrected chi connectivity index (χ4v) is 1.52. The molecule has 0 saturated heterocycles. The van der Waals surface area contributed by atoms with Gasteiger partial charge in [-0.3, -0.25) is 4.79 Å². The van der Waals surface area contributed by atoms with Crippen molar-refractivity contribution in [3.8, 4) is 0 Å². The SMILES string of the molecule is CCCCC(N)C(=O)Nc1cccc(F)c1C. The fourth-order valence-electron chi connectivity index (χ4n) is 1.52. The Labute approximate surface area is 101 Å². The monoisotopic (exact) mass is 238 g/mol. The number of unbranched alkanes of at least 4 members (excludes halogenated alkanes) is 1. The number of benzene rings is 1. The summed E-state index contributed by atoms with van der Waals surface area (Å²) in [5, 5.41) is 2.66. The van der Waals surface area contributed by atoms with Gasteiger partial charge in [0.25, 0.3) is 0 Å². The van der Waals surface area contributed by atoms with Gasteiger partial charge in [-0.2, -0.15) is 0 Å². The lowest BCUT2D eigenvalue weighted by molar-refractivity contribution is -0.117. The number of rotatable bonds is 5. The van der Waals surface area contributed by atoms with Crippen molar-refractivity contribution in [1.82, 2.24) is 0 Å². The van der Waals surface area contributed by atoms with Crippen molar-refractivity contribution < 1.29 is 9.18 Å².